The summed E-state index contributed by atoms with van der Waals surface area (Å²) in [5.74, 6) is 0.615. The van der Waals surface area contributed by atoms with E-state index in [-0.39, 0.29) is 36.1 Å². The number of aliphatic hydroxyl groups is 2. The van der Waals surface area contributed by atoms with Gasteiger partial charge in [-0.1, -0.05) is 61.7 Å². The van der Waals surface area contributed by atoms with Crippen LogP contribution in [0.1, 0.15) is 36.8 Å². The van der Waals surface area contributed by atoms with Crippen LogP contribution >= 0.6 is 0 Å². The maximum atomic E-state index is 10.5. The average Bonchev–Trinajstić information content (AvgIpc) is 3.81. The summed E-state index contributed by atoms with van der Waals surface area (Å²) in [6.07, 6.45) is 18.6. The molecule has 4 saturated heterocycles. The summed E-state index contributed by atoms with van der Waals surface area (Å²) in [5, 5.41) is 20.9. The van der Waals surface area contributed by atoms with Gasteiger partial charge in [0.2, 0.25) is 0 Å². The maximum Gasteiger partial charge on any atom is 0.103 e. The van der Waals surface area contributed by atoms with E-state index in [1.807, 2.05) is 0 Å². The quantitative estimate of drug-likeness (QED) is 0.317. The van der Waals surface area contributed by atoms with E-state index in [4.69, 9.17) is 0 Å². The molecular formula is C44H50N4O2+2. The van der Waals surface area contributed by atoms with Gasteiger partial charge in [0.15, 0.2) is 0 Å². The van der Waals surface area contributed by atoms with Crippen LogP contribution in [0.4, 0.5) is 11.4 Å². The van der Waals surface area contributed by atoms with E-state index in [1.54, 1.807) is 11.1 Å². The van der Waals surface area contributed by atoms with Gasteiger partial charge in [0, 0.05) is 61.3 Å². The molecule has 50 heavy (non-hydrogen) atoms. The van der Waals surface area contributed by atoms with E-state index in [0.29, 0.717) is 23.9 Å². The SMILES string of the molecule is C=CC[N@@+]12CC[C@]34c5ccccc5N5C=C6C7N(C=C(C53)[C@@H](C[C@H]41)/C(=C/CO)C2)c1ccccc1[C@]71CC[N@+]2(CC=C)C/C(=C\CO)[C@@H]6C[C@@H]12. The molecule has 9 aliphatic rings. The number of hydrogen-bond acceptors (Lipinski definition) is 4. The van der Waals surface area contributed by atoms with Crippen molar-refractivity contribution in [1.29, 1.82) is 0 Å². The minimum Gasteiger partial charge on any atom is -0.392 e. The number of benzene rings is 2. The molecule has 2 N–H and O–H groups in total. The predicted octanol–water partition coefficient (Wildman–Crippen LogP) is 5.48. The molecule has 2 aromatic rings. The van der Waals surface area contributed by atoms with Crippen molar-refractivity contribution < 1.29 is 19.2 Å². The molecule has 7 heterocycles. The Morgan fingerprint density at radius 3 is 1.54 bits per heavy atom. The van der Waals surface area contributed by atoms with Gasteiger partial charge in [-0.2, -0.15) is 0 Å². The van der Waals surface area contributed by atoms with Crippen molar-refractivity contribution in [2.45, 2.75) is 60.7 Å². The summed E-state index contributed by atoms with van der Waals surface area (Å²) >= 11 is 0. The molecule has 10 atom stereocenters. The fourth-order valence-corrected chi connectivity index (χ4v) is 14.6. The lowest BCUT2D eigenvalue weighted by Crippen LogP contribution is -2.69. The lowest BCUT2D eigenvalue weighted by Gasteiger charge is -2.59. The number of para-hydroxylation sites is 2. The highest BCUT2D eigenvalue weighted by molar-refractivity contribution is 5.77. The normalized spacial score (nSPS) is 43.4. The molecule has 2 spiro atoms. The van der Waals surface area contributed by atoms with Crippen LogP contribution in [0.2, 0.25) is 0 Å². The van der Waals surface area contributed by atoms with Gasteiger partial charge in [-0.15, -0.1) is 0 Å². The molecule has 0 aromatic heterocycles. The summed E-state index contributed by atoms with van der Waals surface area (Å²) in [6.45, 7) is 15.0. The van der Waals surface area contributed by atoms with Gasteiger partial charge in [-0.25, -0.2) is 0 Å². The minimum absolute atomic E-state index is 0.0183. The summed E-state index contributed by atoms with van der Waals surface area (Å²) in [4.78, 5) is 5.54. The average molecular weight is 667 g/mol. The monoisotopic (exact) mass is 666 g/mol. The molecule has 0 amide bonds. The third kappa shape index (κ3) is 3.24. The van der Waals surface area contributed by atoms with Gasteiger partial charge in [0.1, 0.15) is 25.2 Å². The molecule has 2 aliphatic carbocycles. The summed E-state index contributed by atoms with van der Waals surface area (Å²) in [7, 11) is 0. The summed E-state index contributed by atoms with van der Waals surface area (Å²) < 4.78 is 2.12. The Labute approximate surface area is 296 Å². The van der Waals surface area contributed by atoms with E-state index in [1.165, 1.54) is 33.6 Å². The first kappa shape index (κ1) is 30.0. The van der Waals surface area contributed by atoms with Gasteiger partial charge < -0.3 is 29.0 Å². The number of rotatable bonds is 6. The first-order valence-corrected chi connectivity index (χ1v) is 19.2. The van der Waals surface area contributed by atoms with Gasteiger partial charge >= 0.3 is 0 Å². The number of aliphatic hydroxyl groups excluding tert-OH is 2. The van der Waals surface area contributed by atoms with Gasteiger partial charge in [-0.3, -0.25) is 0 Å². The first-order valence-electron chi connectivity index (χ1n) is 19.2. The van der Waals surface area contributed by atoms with Crippen molar-refractivity contribution >= 4 is 11.4 Å². The van der Waals surface area contributed by atoms with Crippen molar-refractivity contribution in [3.8, 4) is 0 Å². The molecule has 256 valence electrons. The van der Waals surface area contributed by atoms with Gasteiger partial charge in [-0.05, 0) is 57.7 Å². The smallest absolute Gasteiger partial charge is 0.103 e. The van der Waals surface area contributed by atoms with E-state index in [0.717, 1.165) is 73.9 Å². The second-order valence-electron chi connectivity index (χ2n) is 17.2. The Kier molecular flexibility index (Phi) is 6.00. The van der Waals surface area contributed by atoms with Crippen molar-refractivity contribution in [1.82, 2.24) is 0 Å². The summed E-state index contributed by atoms with van der Waals surface area (Å²) in [6, 6.07) is 20.3. The van der Waals surface area contributed by atoms with Crippen molar-refractivity contribution in [2.75, 3.05) is 62.3 Å². The molecule has 2 unspecified atom stereocenters. The standard InChI is InChI=1S/C44H50N4O2/c1-3-17-47-19-15-43-35-9-5-7-11-37(35)45-26-34-32-24-40-44(16-20-48(40,18-4-2)28-30(32)14-22-50)36-10-6-8-12-38(36)46(42(34)44)25-33(41(43)45)31(23-39(43)47)29(27-47)13-21-49/h3-14,25-26,31-32,39-42,49-50H,1-2,15-24,27-28H2/q+2/b29-13+,30-14+,33-25?,34-26?/t31-,32-,39-,40+,41?,42?,43-,44+,47+,48-/m0/s1. The van der Waals surface area contributed by atoms with Crippen molar-refractivity contribution in [3.63, 3.8) is 0 Å². The van der Waals surface area contributed by atoms with Gasteiger partial charge in [0.05, 0.1) is 62.3 Å². The molecule has 6 nitrogen and oxygen atoms in total. The van der Waals surface area contributed by atoms with Crippen LogP contribution in [-0.2, 0) is 10.8 Å². The molecule has 2 saturated carbocycles. The second-order valence-corrected chi connectivity index (χ2v) is 17.2. The fraction of sp³-hybridized carbons (Fsp3) is 0.455. The number of hydrogen-bond donors (Lipinski definition) is 2. The number of nitrogens with zero attached hydrogens (tertiary/aromatic N) is 4. The van der Waals surface area contributed by atoms with Crippen LogP contribution in [-0.4, -0.2) is 95.8 Å². The van der Waals surface area contributed by atoms with E-state index in [9.17, 15) is 10.2 Å². The molecule has 6 fully saturated rings. The van der Waals surface area contributed by atoms with Crippen LogP contribution in [0, 0.1) is 11.8 Å². The topological polar surface area (TPSA) is 46.9 Å². The molecule has 6 heteroatoms. The lowest BCUT2D eigenvalue weighted by molar-refractivity contribution is -0.937. The minimum atomic E-state index is 0.0183. The molecule has 7 aliphatic heterocycles. The largest absolute Gasteiger partial charge is 0.392 e. The zero-order valence-corrected chi connectivity index (χ0v) is 29.1. The highest BCUT2D eigenvalue weighted by atomic mass is 16.3. The molecule has 2 aromatic carbocycles. The predicted molar refractivity (Wildman–Crippen MR) is 198 cm³/mol. The maximum absolute atomic E-state index is 10.5. The number of anilines is 2. The van der Waals surface area contributed by atoms with Crippen LogP contribution in [0.5, 0.6) is 0 Å². The third-order valence-electron chi connectivity index (χ3n) is 15.9. The Hall–Kier alpha value is -3.68. The lowest BCUT2D eigenvalue weighted by atomic mass is 9.56. The zero-order chi connectivity index (χ0) is 33.6. The molecule has 0 radical (unpaired) electrons. The second kappa shape index (κ2) is 10.0. The third-order valence-corrected chi connectivity index (χ3v) is 15.9. The van der Waals surface area contributed by atoms with Crippen LogP contribution in [0.15, 0.2) is 121 Å². The van der Waals surface area contributed by atoms with Crippen molar-refractivity contribution in [3.05, 3.63) is 132 Å². The highest BCUT2D eigenvalue weighted by Crippen LogP contribution is 2.69. The zero-order valence-electron chi connectivity index (χ0n) is 29.1. The summed E-state index contributed by atoms with van der Waals surface area (Å²) in [5.41, 5.74) is 11.8. The Morgan fingerprint density at radius 1 is 0.680 bits per heavy atom. The Bertz CT molecular complexity index is 1850. The Morgan fingerprint density at radius 2 is 1.12 bits per heavy atom. The van der Waals surface area contributed by atoms with Crippen LogP contribution in [0.3, 0.4) is 0 Å². The number of piperidine rings is 2. The number of quaternary nitrogens is 2. The first-order chi connectivity index (χ1) is 24.5. The van der Waals surface area contributed by atoms with Crippen LogP contribution in [0.25, 0.3) is 0 Å². The van der Waals surface area contributed by atoms with E-state index in [2.05, 4.69) is 108 Å². The van der Waals surface area contributed by atoms with Crippen LogP contribution < -0.4 is 9.80 Å². The fourth-order valence-electron chi connectivity index (χ4n) is 14.6. The van der Waals surface area contributed by atoms with Crippen molar-refractivity contribution in [2.24, 2.45) is 11.8 Å². The highest BCUT2D eigenvalue weighted by Gasteiger charge is 2.75. The molecule has 11 rings (SSSR count). The van der Waals surface area contributed by atoms with Gasteiger partial charge in [0.25, 0.3) is 0 Å². The molecular weight excluding hydrogens is 617 g/mol. The van der Waals surface area contributed by atoms with E-state index >= 15 is 0 Å². The number of fused-ring (bicyclic) bond motifs is 8. The van der Waals surface area contributed by atoms with E-state index < -0.39 is 0 Å². The Balaban J connectivity index is 1.22. The molecule has 4 bridgehead atoms.